The van der Waals surface area contributed by atoms with Crippen LogP contribution in [-0.2, 0) is 9.84 Å². The standard InChI is InChI=1S/C15H29NO2S/c1-3-10-16-13-15(19(2,17)18)11-14(12-15)8-6-4-5-7-9-14/h16H,3-13H2,1-2H3. The molecular weight excluding hydrogens is 258 g/mol. The molecule has 1 spiro atoms. The van der Waals surface area contributed by atoms with Gasteiger partial charge < -0.3 is 5.32 Å². The molecule has 0 unspecified atom stereocenters. The molecule has 0 amide bonds. The van der Waals surface area contributed by atoms with Gasteiger partial charge in [-0.3, -0.25) is 0 Å². The van der Waals surface area contributed by atoms with Crippen molar-refractivity contribution in [1.82, 2.24) is 5.32 Å². The second-order valence-electron chi connectivity index (χ2n) is 6.90. The van der Waals surface area contributed by atoms with Crippen molar-refractivity contribution >= 4 is 9.84 Å². The van der Waals surface area contributed by atoms with Gasteiger partial charge in [0, 0.05) is 12.8 Å². The number of sulfone groups is 1. The SMILES string of the molecule is CCCNCC1(S(C)(=O)=O)CC2(CCCCCC2)C1. The van der Waals surface area contributed by atoms with E-state index >= 15 is 0 Å². The topological polar surface area (TPSA) is 46.2 Å². The molecule has 4 heteroatoms. The van der Waals surface area contributed by atoms with E-state index in [2.05, 4.69) is 12.2 Å². The summed E-state index contributed by atoms with van der Waals surface area (Å²) in [6.45, 7) is 3.69. The quantitative estimate of drug-likeness (QED) is 0.791. The first-order valence-electron chi connectivity index (χ1n) is 7.83. The van der Waals surface area contributed by atoms with Gasteiger partial charge >= 0.3 is 0 Å². The predicted molar refractivity (Wildman–Crippen MR) is 80.1 cm³/mol. The lowest BCUT2D eigenvalue weighted by Gasteiger charge is -2.55. The summed E-state index contributed by atoms with van der Waals surface area (Å²) in [4.78, 5) is 0. The smallest absolute Gasteiger partial charge is 0.154 e. The highest BCUT2D eigenvalue weighted by atomic mass is 32.2. The number of nitrogens with one attached hydrogen (secondary N) is 1. The van der Waals surface area contributed by atoms with E-state index in [1.54, 1.807) is 0 Å². The van der Waals surface area contributed by atoms with E-state index in [1.807, 2.05) is 0 Å². The van der Waals surface area contributed by atoms with Crippen molar-refractivity contribution < 1.29 is 8.42 Å². The summed E-state index contributed by atoms with van der Waals surface area (Å²) in [5.74, 6) is 0. The first-order chi connectivity index (χ1) is 8.93. The summed E-state index contributed by atoms with van der Waals surface area (Å²) in [5.41, 5.74) is 0.355. The highest BCUT2D eigenvalue weighted by molar-refractivity contribution is 7.92. The van der Waals surface area contributed by atoms with Crippen LogP contribution in [0.4, 0.5) is 0 Å². The molecular formula is C15H29NO2S. The molecule has 3 nitrogen and oxygen atoms in total. The van der Waals surface area contributed by atoms with Gasteiger partial charge in [-0.2, -0.15) is 0 Å². The number of hydrogen-bond acceptors (Lipinski definition) is 3. The van der Waals surface area contributed by atoms with Gasteiger partial charge in [-0.05, 0) is 44.1 Å². The van der Waals surface area contributed by atoms with Crippen LogP contribution in [-0.4, -0.2) is 32.5 Å². The van der Waals surface area contributed by atoms with Gasteiger partial charge in [0.1, 0.15) is 0 Å². The fourth-order valence-corrected chi connectivity index (χ4v) is 5.66. The van der Waals surface area contributed by atoms with Gasteiger partial charge in [-0.15, -0.1) is 0 Å². The maximum Gasteiger partial charge on any atom is 0.154 e. The van der Waals surface area contributed by atoms with Crippen LogP contribution in [0, 0.1) is 5.41 Å². The monoisotopic (exact) mass is 287 g/mol. The van der Waals surface area contributed by atoms with E-state index in [-0.39, 0.29) is 0 Å². The van der Waals surface area contributed by atoms with Crippen molar-refractivity contribution in [2.75, 3.05) is 19.3 Å². The summed E-state index contributed by atoms with van der Waals surface area (Å²) in [7, 11) is -2.96. The molecule has 0 bridgehead atoms. The van der Waals surface area contributed by atoms with Gasteiger partial charge in [0.05, 0.1) is 4.75 Å². The molecule has 0 aromatic heterocycles. The van der Waals surface area contributed by atoms with Crippen LogP contribution >= 0.6 is 0 Å². The summed E-state index contributed by atoms with van der Waals surface area (Å²) in [6, 6.07) is 0. The molecule has 1 N–H and O–H groups in total. The molecule has 2 aliphatic rings. The zero-order valence-electron chi connectivity index (χ0n) is 12.5. The molecule has 0 heterocycles. The van der Waals surface area contributed by atoms with E-state index in [0.29, 0.717) is 12.0 Å². The Morgan fingerprint density at radius 3 is 2.11 bits per heavy atom. The second-order valence-corrected chi connectivity index (χ2v) is 9.31. The first-order valence-corrected chi connectivity index (χ1v) is 9.73. The molecule has 2 rings (SSSR count). The van der Waals surface area contributed by atoms with Crippen molar-refractivity contribution in [3.8, 4) is 0 Å². The van der Waals surface area contributed by atoms with Crippen molar-refractivity contribution in [3.63, 3.8) is 0 Å². The maximum atomic E-state index is 12.2. The average Bonchev–Trinajstić information content (AvgIpc) is 2.52. The molecule has 0 aromatic rings. The molecule has 0 aromatic carbocycles. The molecule has 0 aliphatic heterocycles. The van der Waals surface area contributed by atoms with Crippen LogP contribution < -0.4 is 5.32 Å². The molecule has 2 fully saturated rings. The second kappa shape index (κ2) is 5.72. The van der Waals surface area contributed by atoms with Crippen molar-refractivity contribution in [3.05, 3.63) is 0 Å². The number of rotatable bonds is 5. The van der Waals surface area contributed by atoms with Gasteiger partial charge in [0.25, 0.3) is 0 Å². The molecule has 0 saturated heterocycles. The lowest BCUT2D eigenvalue weighted by molar-refractivity contribution is 0.0559. The summed E-state index contributed by atoms with van der Waals surface area (Å²) >= 11 is 0. The molecule has 2 aliphatic carbocycles. The van der Waals surface area contributed by atoms with E-state index in [0.717, 1.165) is 25.8 Å². The Balaban J connectivity index is 2.03. The predicted octanol–water partition coefficient (Wildman–Crippen LogP) is 2.90. The summed E-state index contributed by atoms with van der Waals surface area (Å²) in [6.07, 6.45) is 12.0. The average molecular weight is 287 g/mol. The normalized spacial score (nSPS) is 25.8. The van der Waals surface area contributed by atoms with Crippen molar-refractivity contribution in [1.29, 1.82) is 0 Å². The van der Waals surface area contributed by atoms with Crippen LogP contribution in [0.3, 0.4) is 0 Å². The Hall–Kier alpha value is -0.0900. The Bertz CT molecular complexity index is 386. The van der Waals surface area contributed by atoms with E-state index in [9.17, 15) is 8.42 Å². The minimum Gasteiger partial charge on any atom is -0.315 e. The van der Waals surface area contributed by atoms with Gasteiger partial charge in [0.15, 0.2) is 9.84 Å². The first kappa shape index (κ1) is 15.3. The Morgan fingerprint density at radius 2 is 1.63 bits per heavy atom. The highest BCUT2D eigenvalue weighted by Crippen LogP contribution is 2.58. The fourth-order valence-electron chi connectivity index (χ4n) is 4.16. The van der Waals surface area contributed by atoms with Gasteiger partial charge in [-0.25, -0.2) is 8.42 Å². The minimum absolute atomic E-state index is 0.355. The van der Waals surface area contributed by atoms with E-state index in [1.165, 1.54) is 44.8 Å². The Labute approximate surface area is 118 Å². The molecule has 2 saturated carbocycles. The molecule has 19 heavy (non-hydrogen) atoms. The fraction of sp³-hybridized carbons (Fsp3) is 1.00. The van der Waals surface area contributed by atoms with E-state index in [4.69, 9.17) is 0 Å². The van der Waals surface area contributed by atoms with Crippen LogP contribution in [0.2, 0.25) is 0 Å². The third-order valence-electron chi connectivity index (χ3n) is 5.22. The zero-order chi connectivity index (χ0) is 14.0. The third kappa shape index (κ3) is 3.15. The van der Waals surface area contributed by atoms with Gasteiger partial charge in [0.2, 0.25) is 0 Å². The number of hydrogen-bond donors (Lipinski definition) is 1. The summed E-state index contributed by atoms with van der Waals surface area (Å²) < 4.78 is 23.9. The lowest BCUT2D eigenvalue weighted by atomic mass is 9.57. The van der Waals surface area contributed by atoms with Crippen LogP contribution in [0.25, 0.3) is 0 Å². The lowest BCUT2D eigenvalue weighted by Crippen LogP contribution is -2.61. The highest BCUT2D eigenvalue weighted by Gasteiger charge is 2.58. The van der Waals surface area contributed by atoms with Gasteiger partial charge in [-0.1, -0.05) is 32.6 Å². The Kier molecular flexibility index (Phi) is 4.61. The van der Waals surface area contributed by atoms with E-state index < -0.39 is 14.6 Å². The molecule has 112 valence electrons. The third-order valence-corrected chi connectivity index (χ3v) is 7.23. The van der Waals surface area contributed by atoms with Crippen LogP contribution in [0.5, 0.6) is 0 Å². The van der Waals surface area contributed by atoms with Crippen LogP contribution in [0.15, 0.2) is 0 Å². The Morgan fingerprint density at radius 1 is 1.05 bits per heavy atom. The minimum atomic E-state index is -2.96. The summed E-state index contributed by atoms with van der Waals surface area (Å²) in [5, 5.41) is 3.34. The van der Waals surface area contributed by atoms with Crippen LogP contribution in [0.1, 0.15) is 64.7 Å². The molecule has 0 atom stereocenters. The maximum absolute atomic E-state index is 12.2. The molecule has 0 radical (unpaired) electrons. The van der Waals surface area contributed by atoms with Crippen molar-refractivity contribution in [2.24, 2.45) is 5.41 Å². The van der Waals surface area contributed by atoms with Crippen molar-refractivity contribution in [2.45, 2.75) is 69.5 Å². The zero-order valence-corrected chi connectivity index (χ0v) is 13.3. The largest absolute Gasteiger partial charge is 0.315 e.